The number of methoxy groups -OCH3 is 1. The van der Waals surface area contributed by atoms with E-state index in [1.165, 1.54) is 0 Å². The monoisotopic (exact) mass is 126 g/mol. The minimum Gasteiger partial charge on any atom is -0.481 e. The molecule has 0 atom stereocenters. The van der Waals surface area contributed by atoms with Gasteiger partial charge in [-0.25, -0.2) is 0 Å². The van der Waals surface area contributed by atoms with Gasteiger partial charge in [0, 0.05) is 11.8 Å². The van der Waals surface area contributed by atoms with Crippen LogP contribution in [0.5, 0.6) is 0 Å². The fourth-order valence-electron chi connectivity index (χ4n) is 0.563. The number of nitrogens with one attached hydrogen (secondary N) is 2. The normalized spacial score (nSPS) is 16.7. The Kier molecular flexibility index (Phi) is 1.63. The molecule has 0 spiro atoms. The number of allylic oxidation sites excluding steroid dienone is 3. The predicted molar refractivity (Wildman–Crippen MR) is 35.1 cm³/mol. The second-order valence-corrected chi connectivity index (χ2v) is 1.83. The summed E-state index contributed by atoms with van der Waals surface area (Å²) in [5.41, 5.74) is 6.82. The lowest BCUT2D eigenvalue weighted by Gasteiger charge is -2.14. The van der Waals surface area contributed by atoms with Gasteiger partial charge in [-0.1, -0.05) is 0 Å². The van der Waals surface area contributed by atoms with Crippen molar-refractivity contribution in [3.63, 3.8) is 0 Å². The number of ether oxygens (including phenoxy) is 1. The predicted octanol–water partition coefficient (Wildman–Crippen LogP) is 0.486. The van der Waals surface area contributed by atoms with Crippen LogP contribution in [-0.2, 0) is 4.74 Å². The SMILES string of the molecule is COC1=CC=C(C)NN1. The fourth-order valence-corrected chi connectivity index (χ4v) is 0.563. The number of hydrogen-bond acceptors (Lipinski definition) is 3. The second-order valence-electron chi connectivity index (χ2n) is 1.83. The average molecular weight is 126 g/mol. The molecule has 0 aromatic rings. The van der Waals surface area contributed by atoms with Gasteiger partial charge in [0.15, 0.2) is 0 Å². The van der Waals surface area contributed by atoms with E-state index < -0.39 is 0 Å². The molecule has 0 amide bonds. The lowest BCUT2D eigenvalue weighted by atomic mass is 10.4. The Morgan fingerprint density at radius 2 is 2.11 bits per heavy atom. The van der Waals surface area contributed by atoms with Crippen molar-refractivity contribution in [1.82, 2.24) is 10.9 Å². The van der Waals surface area contributed by atoms with E-state index in [0.717, 1.165) is 11.6 Å². The first kappa shape index (κ1) is 6.01. The molecule has 50 valence electrons. The van der Waals surface area contributed by atoms with E-state index in [1.807, 2.05) is 19.1 Å². The molecule has 0 aliphatic carbocycles. The van der Waals surface area contributed by atoms with Crippen LogP contribution in [0.4, 0.5) is 0 Å². The summed E-state index contributed by atoms with van der Waals surface area (Å²) in [5, 5.41) is 0. The van der Waals surface area contributed by atoms with Crippen LogP contribution in [0.2, 0.25) is 0 Å². The molecule has 1 aliphatic rings. The summed E-state index contributed by atoms with van der Waals surface area (Å²) in [7, 11) is 1.62. The Balaban J connectivity index is 2.59. The lowest BCUT2D eigenvalue weighted by Crippen LogP contribution is -2.32. The van der Waals surface area contributed by atoms with E-state index in [9.17, 15) is 0 Å². The van der Waals surface area contributed by atoms with E-state index in [1.54, 1.807) is 7.11 Å². The van der Waals surface area contributed by atoms with Gasteiger partial charge < -0.3 is 10.2 Å². The number of rotatable bonds is 1. The van der Waals surface area contributed by atoms with E-state index in [0.29, 0.717) is 0 Å². The van der Waals surface area contributed by atoms with Crippen molar-refractivity contribution < 1.29 is 4.74 Å². The van der Waals surface area contributed by atoms with Gasteiger partial charge in [-0.15, -0.1) is 0 Å². The van der Waals surface area contributed by atoms with Crippen molar-refractivity contribution in [1.29, 1.82) is 0 Å². The third kappa shape index (κ3) is 1.38. The van der Waals surface area contributed by atoms with Crippen LogP contribution in [0.25, 0.3) is 0 Å². The van der Waals surface area contributed by atoms with Crippen LogP contribution >= 0.6 is 0 Å². The molecule has 0 unspecified atom stereocenters. The van der Waals surface area contributed by atoms with E-state index in [4.69, 9.17) is 4.74 Å². The summed E-state index contributed by atoms with van der Waals surface area (Å²) in [4.78, 5) is 0. The van der Waals surface area contributed by atoms with E-state index in [2.05, 4.69) is 10.9 Å². The van der Waals surface area contributed by atoms with Crippen molar-refractivity contribution in [2.75, 3.05) is 7.11 Å². The summed E-state index contributed by atoms with van der Waals surface area (Å²) in [5.74, 6) is 0.737. The van der Waals surface area contributed by atoms with Crippen molar-refractivity contribution in [2.24, 2.45) is 0 Å². The summed E-state index contributed by atoms with van der Waals surface area (Å²) < 4.78 is 4.88. The van der Waals surface area contributed by atoms with E-state index >= 15 is 0 Å². The molecule has 0 aromatic heterocycles. The lowest BCUT2D eigenvalue weighted by molar-refractivity contribution is 0.250. The topological polar surface area (TPSA) is 33.3 Å². The molecule has 0 fully saturated rings. The van der Waals surface area contributed by atoms with Crippen molar-refractivity contribution in [3.05, 3.63) is 23.7 Å². The molecule has 1 heterocycles. The highest BCUT2D eigenvalue weighted by atomic mass is 16.5. The zero-order valence-corrected chi connectivity index (χ0v) is 5.56. The van der Waals surface area contributed by atoms with Gasteiger partial charge in [-0.05, 0) is 13.0 Å². The molecule has 0 saturated carbocycles. The van der Waals surface area contributed by atoms with Crippen molar-refractivity contribution in [2.45, 2.75) is 6.92 Å². The Morgan fingerprint density at radius 3 is 2.56 bits per heavy atom. The quantitative estimate of drug-likeness (QED) is 0.536. The first-order valence-electron chi connectivity index (χ1n) is 2.77. The molecule has 0 bridgehead atoms. The maximum atomic E-state index is 4.88. The Bertz CT molecular complexity index is 160. The van der Waals surface area contributed by atoms with Crippen molar-refractivity contribution in [3.8, 4) is 0 Å². The molecular weight excluding hydrogens is 116 g/mol. The largest absolute Gasteiger partial charge is 0.481 e. The molecule has 0 radical (unpaired) electrons. The standard InChI is InChI=1S/C6H10N2O/c1-5-3-4-6(9-2)8-7-5/h3-4,7-8H,1-2H3. The van der Waals surface area contributed by atoms with Crippen LogP contribution in [0.15, 0.2) is 23.7 Å². The highest BCUT2D eigenvalue weighted by molar-refractivity contribution is 5.15. The van der Waals surface area contributed by atoms with Gasteiger partial charge in [0.25, 0.3) is 0 Å². The first-order chi connectivity index (χ1) is 4.33. The van der Waals surface area contributed by atoms with Gasteiger partial charge in [0.05, 0.1) is 7.11 Å². The van der Waals surface area contributed by atoms with E-state index in [-0.39, 0.29) is 0 Å². The maximum Gasteiger partial charge on any atom is 0.205 e. The zero-order valence-electron chi connectivity index (χ0n) is 5.56. The summed E-state index contributed by atoms with van der Waals surface area (Å²) >= 11 is 0. The summed E-state index contributed by atoms with van der Waals surface area (Å²) in [6.07, 6.45) is 3.81. The molecular formula is C6H10N2O. The van der Waals surface area contributed by atoms with Gasteiger partial charge in [0.2, 0.25) is 5.88 Å². The van der Waals surface area contributed by atoms with Crippen LogP contribution in [0, 0.1) is 0 Å². The van der Waals surface area contributed by atoms with Crippen LogP contribution in [0.3, 0.4) is 0 Å². The van der Waals surface area contributed by atoms with Gasteiger partial charge >= 0.3 is 0 Å². The molecule has 1 aliphatic heterocycles. The summed E-state index contributed by atoms with van der Waals surface area (Å²) in [6.45, 7) is 1.97. The number of hydrogen-bond donors (Lipinski definition) is 2. The zero-order chi connectivity index (χ0) is 6.69. The minimum atomic E-state index is 0.737. The molecule has 0 aromatic carbocycles. The summed E-state index contributed by atoms with van der Waals surface area (Å²) in [6, 6.07) is 0. The van der Waals surface area contributed by atoms with Gasteiger partial charge in [0.1, 0.15) is 0 Å². The molecule has 0 saturated heterocycles. The van der Waals surface area contributed by atoms with Gasteiger partial charge in [-0.2, -0.15) is 0 Å². The highest BCUT2D eigenvalue weighted by Gasteiger charge is 1.96. The Hall–Kier alpha value is -1.12. The number of hydrazine groups is 1. The molecule has 1 rings (SSSR count). The smallest absolute Gasteiger partial charge is 0.205 e. The average Bonchev–Trinajstić information content (AvgIpc) is 1.90. The van der Waals surface area contributed by atoms with Crippen LogP contribution in [0.1, 0.15) is 6.92 Å². The van der Waals surface area contributed by atoms with Crippen LogP contribution in [-0.4, -0.2) is 7.11 Å². The van der Waals surface area contributed by atoms with Gasteiger partial charge in [-0.3, -0.25) is 5.43 Å². The molecule has 9 heavy (non-hydrogen) atoms. The third-order valence-corrected chi connectivity index (χ3v) is 1.09. The Labute approximate surface area is 54.4 Å². The maximum absolute atomic E-state index is 4.88. The fraction of sp³-hybridized carbons (Fsp3) is 0.333. The van der Waals surface area contributed by atoms with Crippen molar-refractivity contribution >= 4 is 0 Å². The van der Waals surface area contributed by atoms with Crippen LogP contribution < -0.4 is 10.9 Å². The first-order valence-corrected chi connectivity index (χ1v) is 2.77. The molecule has 3 heteroatoms. The molecule has 2 N–H and O–H groups in total. The molecule has 3 nitrogen and oxygen atoms in total. The highest BCUT2D eigenvalue weighted by Crippen LogP contribution is 1.97. The second kappa shape index (κ2) is 2.44. The third-order valence-electron chi connectivity index (χ3n) is 1.09. The minimum absolute atomic E-state index is 0.737. The Morgan fingerprint density at radius 1 is 1.33 bits per heavy atom.